The summed E-state index contributed by atoms with van der Waals surface area (Å²) in [6.07, 6.45) is 1.57. The van der Waals surface area contributed by atoms with Crippen LogP contribution >= 0.6 is 0 Å². The molecule has 0 saturated heterocycles. The first kappa shape index (κ1) is 15.6. The van der Waals surface area contributed by atoms with Crippen LogP contribution in [0.25, 0.3) is 0 Å². The van der Waals surface area contributed by atoms with Gasteiger partial charge in [0.15, 0.2) is 0 Å². The molecule has 1 aromatic rings. The molecule has 0 saturated carbocycles. The molecule has 0 fully saturated rings. The molecule has 1 rings (SSSR count). The van der Waals surface area contributed by atoms with E-state index in [0.717, 1.165) is 0 Å². The lowest BCUT2D eigenvalue weighted by molar-refractivity contribution is -0.00956. The van der Waals surface area contributed by atoms with E-state index < -0.39 is 18.2 Å². The first-order chi connectivity index (χ1) is 9.00. The molecule has 4 heteroatoms. The van der Waals surface area contributed by atoms with E-state index in [-0.39, 0.29) is 12.0 Å². The third-order valence-electron chi connectivity index (χ3n) is 3.04. The van der Waals surface area contributed by atoms with Crippen LogP contribution < -0.4 is 5.32 Å². The fourth-order valence-electron chi connectivity index (χ4n) is 2.03. The molecule has 1 aromatic carbocycles. The van der Waals surface area contributed by atoms with Crippen molar-refractivity contribution < 1.29 is 13.2 Å². The van der Waals surface area contributed by atoms with Crippen molar-refractivity contribution in [2.24, 2.45) is 0 Å². The Morgan fingerprint density at radius 2 is 2.11 bits per heavy atom. The highest BCUT2D eigenvalue weighted by Gasteiger charge is 2.30. The molecule has 1 N–H and O–H groups in total. The molecule has 0 aliphatic heterocycles. The summed E-state index contributed by atoms with van der Waals surface area (Å²) in [5.41, 5.74) is 0.801. The fraction of sp³-hybridized carbons (Fsp3) is 0.467. The van der Waals surface area contributed by atoms with E-state index in [1.54, 1.807) is 12.1 Å². The van der Waals surface area contributed by atoms with Gasteiger partial charge in [-0.2, -0.15) is 0 Å². The maximum Gasteiger partial charge on any atom is 0.252 e. The van der Waals surface area contributed by atoms with Gasteiger partial charge in [-0.1, -0.05) is 25.6 Å². The number of rotatable bonds is 8. The Morgan fingerprint density at radius 1 is 1.37 bits per heavy atom. The number of hydrogen-bond acceptors (Lipinski definition) is 1. The maximum atomic E-state index is 13.8. The first-order valence-corrected chi connectivity index (χ1v) is 6.48. The second kappa shape index (κ2) is 7.22. The van der Waals surface area contributed by atoms with Crippen LogP contribution in [0.15, 0.2) is 31.0 Å². The van der Waals surface area contributed by atoms with E-state index in [1.165, 1.54) is 12.3 Å². The van der Waals surface area contributed by atoms with E-state index in [2.05, 4.69) is 11.9 Å². The van der Waals surface area contributed by atoms with Crippen molar-refractivity contribution in [1.29, 1.82) is 0 Å². The van der Waals surface area contributed by atoms with Crippen LogP contribution in [-0.2, 0) is 12.8 Å². The Labute approximate surface area is 112 Å². The predicted octanol–water partition coefficient (Wildman–Crippen LogP) is 4.08. The summed E-state index contributed by atoms with van der Waals surface area (Å²) in [5, 5.41) is 2.78. The zero-order valence-electron chi connectivity index (χ0n) is 11.2. The zero-order valence-corrected chi connectivity index (χ0v) is 11.2. The third-order valence-corrected chi connectivity index (χ3v) is 3.04. The standard InChI is InChI=1S/C15H20F3N/c1-3-12-7-5-8-14(16)13(12)11-15(17,18)9-6-10-19-4-2/h4-5,7-8,19H,2-3,6,9-11H2,1H3. The summed E-state index contributed by atoms with van der Waals surface area (Å²) in [6.45, 7) is 5.74. The highest BCUT2D eigenvalue weighted by molar-refractivity contribution is 5.29. The van der Waals surface area contributed by atoms with E-state index >= 15 is 0 Å². The van der Waals surface area contributed by atoms with E-state index in [9.17, 15) is 13.2 Å². The summed E-state index contributed by atoms with van der Waals surface area (Å²) in [6, 6.07) is 4.50. The summed E-state index contributed by atoms with van der Waals surface area (Å²) in [5.74, 6) is -3.42. The predicted molar refractivity (Wildman–Crippen MR) is 71.9 cm³/mol. The minimum atomic E-state index is -2.88. The van der Waals surface area contributed by atoms with Crippen molar-refractivity contribution in [1.82, 2.24) is 5.32 Å². The van der Waals surface area contributed by atoms with Gasteiger partial charge in [0.2, 0.25) is 0 Å². The molecule has 0 atom stereocenters. The number of nitrogens with one attached hydrogen (secondary N) is 1. The van der Waals surface area contributed by atoms with Crippen molar-refractivity contribution in [3.05, 3.63) is 47.9 Å². The smallest absolute Gasteiger partial charge is 0.252 e. The van der Waals surface area contributed by atoms with Crippen molar-refractivity contribution >= 4 is 0 Å². The molecule has 0 aromatic heterocycles. The Hall–Kier alpha value is -1.45. The Bertz CT molecular complexity index is 416. The van der Waals surface area contributed by atoms with Crippen LogP contribution in [0, 0.1) is 5.82 Å². The highest BCUT2D eigenvalue weighted by atomic mass is 19.3. The molecule has 0 amide bonds. The van der Waals surface area contributed by atoms with Gasteiger partial charge in [0.25, 0.3) is 5.92 Å². The summed E-state index contributed by atoms with van der Waals surface area (Å²) in [4.78, 5) is 0. The van der Waals surface area contributed by atoms with Crippen LogP contribution in [0.1, 0.15) is 30.9 Å². The largest absolute Gasteiger partial charge is 0.391 e. The second-order valence-electron chi connectivity index (χ2n) is 4.53. The number of alkyl halides is 2. The van der Waals surface area contributed by atoms with Crippen LogP contribution in [0.2, 0.25) is 0 Å². The summed E-state index contributed by atoms with van der Waals surface area (Å²) < 4.78 is 41.3. The van der Waals surface area contributed by atoms with E-state index in [4.69, 9.17) is 0 Å². The average Bonchev–Trinajstić information content (AvgIpc) is 2.37. The Morgan fingerprint density at radius 3 is 2.74 bits per heavy atom. The molecule has 0 heterocycles. The van der Waals surface area contributed by atoms with Gasteiger partial charge in [-0.3, -0.25) is 0 Å². The minimum absolute atomic E-state index is 0.145. The van der Waals surface area contributed by atoms with Gasteiger partial charge in [-0.15, -0.1) is 0 Å². The van der Waals surface area contributed by atoms with Crippen LogP contribution in [-0.4, -0.2) is 12.5 Å². The summed E-state index contributed by atoms with van der Waals surface area (Å²) in [7, 11) is 0. The maximum absolute atomic E-state index is 13.8. The topological polar surface area (TPSA) is 12.0 Å². The molecule has 0 spiro atoms. The van der Waals surface area contributed by atoms with E-state index in [0.29, 0.717) is 24.9 Å². The second-order valence-corrected chi connectivity index (χ2v) is 4.53. The van der Waals surface area contributed by atoms with Crippen molar-refractivity contribution in [3.63, 3.8) is 0 Å². The van der Waals surface area contributed by atoms with Gasteiger partial charge in [0.05, 0.1) is 0 Å². The SMILES string of the molecule is C=CNCCCC(F)(F)Cc1c(F)cccc1CC. The molecule has 0 aliphatic carbocycles. The minimum Gasteiger partial charge on any atom is -0.391 e. The highest BCUT2D eigenvalue weighted by Crippen LogP contribution is 2.28. The average molecular weight is 271 g/mol. The fourth-order valence-corrected chi connectivity index (χ4v) is 2.03. The molecule has 0 aliphatic rings. The lowest BCUT2D eigenvalue weighted by atomic mass is 9.96. The van der Waals surface area contributed by atoms with Gasteiger partial charge in [-0.25, -0.2) is 13.2 Å². The van der Waals surface area contributed by atoms with Crippen LogP contribution in [0.3, 0.4) is 0 Å². The first-order valence-electron chi connectivity index (χ1n) is 6.48. The van der Waals surface area contributed by atoms with Gasteiger partial charge >= 0.3 is 0 Å². The molecule has 0 bridgehead atoms. The van der Waals surface area contributed by atoms with Crippen molar-refractivity contribution in [2.45, 2.75) is 38.5 Å². The summed E-state index contributed by atoms with van der Waals surface area (Å²) >= 11 is 0. The molecule has 0 unspecified atom stereocenters. The van der Waals surface area contributed by atoms with E-state index in [1.807, 2.05) is 6.92 Å². The number of aryl methyl sites for hydroxylation is 1. The molecule has 1 nitrogen and oxygen atoms in total. The number of hydrogen-bond donors (Lipinski definition) is 1. The van der Waals surface area contributed by atoms with Crippen molar-refractivity contribution in [2.75, 3.05) is 6.54 Å². The quantitative estimate of drug-likeness (QED) is 0.702. The monoisotopic (exact) mass is 271 g/mol. The number of halogens is 3. The lowest BCUT2D eigenvalue weighted by Gasteiger charge is -2.18. The molecule has 19 heavy (non-hydrogen) atoms. The van der Waals surface area contributed by atoms with Gasteiger partial charge in [-0.05, 0) is 36.2 Å². The van der Waals surface area contributed by atoms with Gasteiger partial charge in [0, 0.05) is 19.4 Å². The van der Waals surface area contributed by atoms with Gasteiger partial charge in [0.1, 0.15) is 5.82 Å². The van der Waals surface area contributed by atoms with Gasteiger partial charge < -0.3 is 5.32 Å². The molecule has 106 valence electrons. The van der Waals surface area contributed by atoms with Crippen LogP contribution in [0.4, 0.5) is 13.2 Å². The Kier molecular flexibility index (Phi) is 5.93. The van der Waals surface area contributed by atoms with Crippen LogP contribution in [0.5, 0.6) is 0 Å². The van der Waals surface area contributed by atoms with Crippen molar-refractivity contribution in [3.8, 4) is 0 Å². The molecular formula is C15H20F3N. The Balaban J connectivity index is 2.69. The normalized spacial score (nSPS) is 11.4. The third kappa shape index (κ3) is 4.97. The zero-order chi connectivity index (χ0) is 14.3. The number of benzene rings is 1. The lowest BCUT2D eigenvalue weighted by Crippen LogP contribution is -2.23. The molecule has 0 radical (unpaired) electrons. The molecular weight excluding hydrogens is 251 g/mol.